The van der Waals surface area contributed by atoms with Crippen LogP contribution >= 0.6 is 0 Å². The van der Waals surface area contributed by atoms with E-state index in [9.17, 15) is 14.4 Å². The summed E-state index contributed by atoms with van der Waals surface area (Å²) in [6.45, 7) is 2.68. The lowest BCUT2D eigenvalue weighted by atomic mass is 9.76. The third-order valence-electron chi connectivity index (χ3n) is 4.46. The van der Waals surface area contributed by atoms with E-state index >= 15 is 0 Å². The number of likely N-dealkylation sites (tertiary alicyclic amines) is 1. The predicted molar refractivity (Wildman–Crippen MR) is 87.0 cm³/mol. The van der Waals surface area contributed by atoms with Crippen LogP contribution in [0.3, 0.4) is 0 Å². The van der Waals surface area contributed by atoms with Crippen LogP contribution in [0, 0.1) is 5.41 Å². The molecule has 1 saturated heterocycles. The Labute approximate surface area is 141 Å². The molecule has 0 spiro atoms. The Balaban J connectivity index is 1.93. The van der Waals surface area contributed by atoms with Crippen molar-refractivity contribution in [1.29, 1.82) is 0 Å². The fourth-order valence-corrected chi connectivity index (χ4v) is 2.98. The third-order valence-corrected chi connectivity index (χ3v) is 4.46. The van der Waals surface area contributed by atoms with Crippen molar-refractivity contribution >= 4 is 17.7 Å². The van der Waals surface area contributed by atoms with Crippen molar-refractivity contribution in [3.8, 4) is 0 Å². The van der Waals surface area contributed by atoms with Gasteiger partial charge < -0.3 is 9.47 Å². The number of benzene rings is 1. The number of Topliss-reactive ketones (excluding diaryl/α,β-unsaturated/α-hetero) is 1. The van der Waals surface area contributed by atoms with Gasteiger partial charge in [0.05, 0.1) is 13.7 Å². The number of ether oxygens (including phenoxy) is 2. The standard InChI is InChI=1S/C18H23NO5/c1-3-18(17(22)23-2)13-19(10-9-15(18)20)11-16(21)24-12-14-7-5-4-6-8-14/h4-8H,3,9-13H2,1-2H3. The first-order valence-corrected chi connectivity index (χ1v) is 8.05. The van der Waals surface area contributed by atoms with Gasteiger partial charge in [-0.15, -0.1) is 0 Å². The molecule has 24 heavy (non-hydrogen) atoms. The van der Waals surface area contributed by atoms with Crippen LogP contribution in [0.2, 0.25) is 0 Å². The smallest absolute Gasteiger partial charge is 0.320 e. The number of hydrogen-bond donors (Lipinski definition) is 0. The molecule has 1 unspecified atom stereocenters. The number of methoxy groups -OCH3 is 1. The summed E-state index contributed by atoms with van der Waals surface area (Å²) >= 11 is 0. The zero-order valence-electron chi connectivity index (χ0n) is 14.1. The van der Waals surface area contributed by atoms with E-state index in [0.717, 1.165) is 5.56 Å². The van der Waals surface area contributed by atoms with Crippen LogP contribution in [0.1, 0.15) is 25.3 Å². The highest BCUT2D eigenvalue weighted by Gasteiger charge is 2.48. The quantitative estimate of drug-likeness (QED) is 0.581. The minimum absolute atomic E-state index is 0.0544. The average Bonchev–Trinajstić information content (AvgIpc) is 2.62. The summed E-state index contributed by atoms with van der Waals surface area (Å²) in [7, 11) is 1.28. The zero-order chi connectivity index (χ0) is 17.6. The summed E-state index contributed by atoms with van der Waals surface area (Å²) in [4.78, 5) is 38.2. The maximum absolute atomic E-state index is 12.2. The van der Waals surface area contributed by atoms with Gasteiger partial charge in [-0.05, 0) is 12.0 Å². The van der Waals surface area contributed by atoms with Crippen molar-refractivity contribution in [3.63, 3.8) is 0 Å². The van der Waals surface area contributed by atoms with Gasteiger partial charge in [0.25, 0.3) is 0 Å². The summed E-state index contributed by atoms with van der Waals surface area (Å²) in [6.07, 6.45) is 0.586. The maximum Gasteiger partial charge on any atom is 0.320 e. The molecular weight excluding hydrogens is 310 g/mol. The summed E-state index contributed by atoms with van der Waals surface area (Å²) in [5.74, 6) is -1.02. The SMILES string of the molecule is CCC1(C(=O)OC)CN(CC(=O)OCc2ccccc2)CCC1=O. The van der Waals surface area contributed by atoms with Crippen LogP contribution in [-0.2, 0) is 30.5 Å². The van der Waals surface area contributed by atoms with E-state index in [0.29, 0.717) is 13.0 Å². The highest BCUT2D eigenvalue weighted by atomic mass is 16.5. The van der Waals surface area contributed by atoms with Crippen molar-refractivity contribution in [1.82, 2.24) is 4.90 Å². The number of piperidine rings is 1. The molecule has 1 atom stereocenters. The summed E-state index contributed by atoms with van der Waals surface area (Å²) in [5.41, 5.74) is -0.260. The van der Waals surface area contributed by atoms with Gasteiger partial charge in [0, 0.05) is 19.5 Å². The molecule has 6 heteroatoms. The lowest BCUT2D eigenvalue weighted by Crippen LogP contribution is -2.54. The van der Waals surface area contributed by atoms with Gasteiger partial charge in [0.2, 0.25) is 0 Å². The molecule has 1 fully saturated rings. The first-order chi connectivity index (χ1) is 11.5. The maximum atomic E-state index is 12.2. The normalized spacial score (nSPS) is 21.3. The van der Waals surface area contributed by atoms with Gasteiger partial charge in [-0.25, -0.2) is 0 Å². The van der Waals surface area contributed by atoms with E-state index < -0.39 is 11.4 Å². The molecule has 0 aliphatic carbocycles. The van der Waals surface area contributed by atoms with Gasteiger partial charge in [0.1, 0.15) is 12.0 Å². The molecule has 6 nitrogen and oxygen atoms in total. The molecule has 1 aromatic carbocycles. The number of rotatable bonds is 6. The lowest BCUT2D eigenvalue weighted by molar-refractivity contribution is -0.164. The number of nitrogens with zero attached hydrogens (tertiary/aromatic N) is 1. The van der Waals surface area contributed by atoms with Gasteiger partial charge in [0.15, 0.2) is 5.78 Å². The summed E-state index contributed by atoms with van der Waals surface area (Å²) in [5, 5.41) is 0. The monoisotopic (exact) mass is 333 g/mol. The molecule has 0 N–H and O–H groups in total. The topological polar surface area (TPSA) is 72.9 Å². The molecule has 1 aliphatic heterocycles. The Hall–Kier alpha value is -2.21. The van der Waals surface area contributed by atoms with E-state index in [1.165, 1.54) is 7.11 Å². The second-order valence-corrected chi connectivity index (χ2v) is 5.96. The van der Waals surface area contributed by atoms with E-state index in [1.807, 2.05) is 30.3 Å². The first-order valence-electron chi connectivity index (χ1n) is 8.05. The number of carbonyl (C=O) groups excluding carboxylic acids is 3. The zero-order valence-corrected chi connectivity index (χ0v) is 14.1. The van der Waals surface area contributed by atoms with Gasteiger partial charge in [-0.1, -0.05) is 37.3 Å². The van der Waals surface area contributed by atoms with Crippen molar-refractivity contribution in [2.75, 3.05) is 26.7 Å². The van der Waals surface area contributed by atoms with Gasteiger partial charge in [-0.2, -0.15) is 0 Å². The van der Waals surface area contributed by atoms with E-state index in [1.54, 1.807) is 11.8 Å². The van der Waals surface area contributed by atoms with Gasteiger partial charge in [-0.3, -0.25) is 19.3 Å². The predicted octanol–water partition coefficient (Wildman–Crippen LogP) is 1.57. The van der Waals surface area contributed by atoms with E-state index in [2.05, 4.69) is 0 Å². The Kier molecular flexibility index (Phi) is 6.09. The molecule has 0 bridgehead atoms. The molecule has 0 aromatic heterocycles. The molecule has 0 amide bonds. The van der Waals surface area contributed by atoms with Crippen LogP contribution in [0.4, 0.5) is 0 Å². The molecule has 0 radical (unpaired) electrons. The van der Waals surface area contributed by atoms with Crippen LogP contribution in [0.5, 0.6) is 0 Å². The second kappa shape index (κ2) is 8.06. The Bertz CT molecular complexity index is 591. The summed E-state index contributed by atoms with van der Waals surface area (Å²) in [6, 6.07) is 9.42. The van der Waals surface area contributed by atoms with Crippen LogP contribution < -0.4 is 0 Å². The lowest BCUT2D eigenvalue weighted by Gasteiger charge is -2.38. The Morgan fingerprint density at radius 3 is 2.58 bits per heavy atom. The molecule has 2 rings (SSSR count). The van der Waals surface area contributed by atoms with E-state index in [4.69, 9.17) is 9.47 Å². The fraction of sp³-hybridized carbons (Fsp3) is 0.500. The number of esters is 2. The molecule has 130 valence electrons. The van der Waals surface area contributed by atoms with Crippen molar-refractivity contribution in [2.24, 2.45) is 5.41 Å². The minimum atomic E-state index is -1.17. The average molecular weight is 333 g/mol. The molecule has 1 heterocycles. The van der Waals surface area contributed by atoms with Gasteiger partial charge >= 0.3 is 11.9 Å². The first kappa shape index (κ1) is 18.1. The van der Waals surface area contributed by atoms with Crippen LogP contribution in [-0.4, -0.2) is 49.4 Å². The second-order valence-electron chi connectivity index (χ2n) is 5.96. The molecule has 1 aliphatic rings. The van der Waals surface area contributed by atoms with Crippen LogP contribution in [0.25, 0.3) is 0 Å². The van der Waals surface area contributed by atoms with Crippen molar-refractivity contribution in [3.05, 3.63) is 35.9 Å². The molecule has 1 aromatic rings. The number of carbonyl (C=O) groups is 3. The largest absolute Gasteiger partial charge is 0.468 e. The van der Waals surface area contributed by atoms with E-state index in [-0.39, 0.29) is 37.9 Å². The summed E-state index contributed by atoms with van der Waals surface area (Å²) < 4.78 is 10.1. The highest BCUT2D eigenvalue weighted by Crippen LogP contribution is 2.31. The third kappa shape index (κ3) is 4.00. The number of ketones is 1. The van der Waals surface area contributed by atoms with Crippen LogP contribution in [0.15, 0.2) is 30.3 Å². The molecule has 0 saturated carbocycles. The Morgan fingerprint density at radius 2 is 1.96 bits per heavy atom. The number of hydrogen-bond acceptors (Lipinski definition) is 6. The Morgan fingerprint density at radius 1 is 1.25 bits per heavy atom. The molecular formula is C18H23NO5. The highest BCUT2D eigenvalue weighted by molar-refractivity contribution is 6.04. The minimum Gasteiger partial charge on any atom is -0.468 e. The van der Waals surface area contributed by atoms with Crippen molar-refractivity contribution < 1.29 is 23.9 Å². The fourth-order valence-electron chi connectivity index (χ4n) is 2.98. The van der Waals surface area contributed by atoms with Crippen molar-refractivity contribution in [2.45, 2.75) is 26.4 Å².